The van der Waals surface area contributed by atoms with Crippen LogP contribution in [0.5, 0.6) is 0 Å². The van der Waals surface area contributed by atoms with Crippen LogP contribution in [0, 0.1) is 0 Å². The molecule has 156 valence electrons. The minimum absolute atomic E-state index is 0.0328. The Bertz CT molecular complexity index is 940. The van der Waals surface area contributed by atoms with Gasteiger partial charge in [0.1, 0.15) is 5.76 Å². The molecule has 29 heavy (non-hydrogen) atoms. The fraction of sp³-hybridized carbons (Fsp3) is 0.278. The van der Waals surface area contributed by atoms with Crippen LogP contribution in [0.25, 0.3) is 0 Å². The molecule has 2 aromatic rings. The summed E-state index contributed by atoms with van der Waals surface area (Å²) in [6.07, 6.45) is 1.36. The molecule has 0 bridgehead atoms. The highest BCUT2D eigenvalue weighted by Crippen LogP contribution is 2.14. The molecule has 0 aliphatic heterocycles. The van der Waals surface area contributed by atoms with Crippen LogP contribution in [0.4, 0.5) is 5.69 Å². The number of thiocarbonyl (C=S) groups is 1. The van der Waals surface area contributed by atoms with E-state index in [1.54, 1.807) is 19.1 Å². The van der Waals surface area contributed by atoms with E-state index in [0.29, 0.717) is 11.4 Å². The first-order valence-corrected chi connectivity index (χ1v) is 10.6. The third-order valence-electron chi connectivity index (χ3n) is 3.55. The van der Waals surface area contributed by atoms with Gasteiger partial charge in [-0.05, 0) is 55.5 Å². The highest BCUT2D eigenvalue weighted by molar-refractivity contribution is 7.89. The predicted molar refractivity (Wildman–Crippen MR) is 109 cm³/mol. The molecule has 9 nitrogen and oxygen atoms in total. The van der Waals surface area contributed by atoms with Gasteiger partial charge in [-0.1, -0.05) is 0 Å². The van der Waals surface area contributed by atoms with E-state index in [2.05, 4.69) is 15.4 Å². The molecule has 0 spiro atoms. The molecule has 0 aliphatic rings. The van der Waals surface area contributed by atoms with E-state index in [9.17, 15) is 18.0 Å². The van der Waals surface area contributed by atoms with E-state index in [1.807, 2.05) is 0 Å². The number of hydrogen-bond donors (Lipinski definition) is 3. The number of carbonyl (C=O) groups excluding carboxylic acids is 2. The van der Waals surface area contributed by atoms with Gasteiger partial charge in [-0.3, -0.25) is 9.59 Å². The van der Waals surface area contributed by atoms with Crippen LogP contribution in [-0.2, 0) is 30.9 Å². The van der Waals surface area contributed by atoms with Crippen molar-refractivity contribution in [3.63, 3.8) is 0 Å². The Hall–Kier alpha value is -2.76. The van der Waals surface area contributed by atoms with Gasteiger partial charge in [0.2, 0.25) is 15.9 Å². The molecule has 0 saturated heterocycles. The van der Waals surface area contributed by atoms with Crippen LogP contribution in [0.2, 0.25) is 0 Å². The summed E-state index contributed by atoms with van der Waals surface area (Å²) in [5.41, 5.74) is 0.491. The van der Waals surface area contributed by atoms with Crippen molar-refractivity contribution < 1.29 is 27.2 Å². The van der Waals surface area contributed by atoms with Crippen LogP contribution >= 0.6 is 12.2 Å². The Morgan fingerprint density at radius 1 is 1.14 bits per heavy atom. The van der Waals surface area contributed by atoms with Crippen molar-refractivity contribution in [3.05, 3.63) is 48.4 Å². The molecule has 3 N–H and O–H groups in total. The summed E-state index contributed by atoms with van der Waals surface area (Å²) in [7, 11) is -3.71. The van der Waals surface area contributed by atoms with E-state index >= 15 is 0 Å². The number of rotatable bonds is 9. The minimum Gasteiger partial charge on any atom is -0.468 e. The maximum atomic E-state index is 12.3. The number of anilines is 1. The van der Waals surface area contributed by atoms with E-state index < -0.39 is 21.9 Å². The molecule has 0 fully saturated rings. The van der Waals surface area contributed by atoms with Gasteiger partial charge in [0, 0.05) is 12.1 Å². The Morgan fingerprint density at radius 3 is 2.48 bits per heavy atom. The Balaban J connectivity index is 1.83. The number of ether oxygens (including phenoxy) is 1. The van der Waals surface area contributed by atoms with Gasteiger partial charge in [-0.25, -0.2) is 13.1 Å². The smallest absolute Gasteiger partial charge is 0.306 e. The SMILES string of the molecule is CCOC(=O)CCC(=O)NC(=S)Nc1ccc(S(=O)(=O)NCc2ccco2)cc1. The van der Waals surface area contributed by atoms with Crippen molar-refractivity contribution in [2.75, 3.05) is 11.9 Å². The van der Waals surface area contributed by atoms with E-state index in [0.717, 1.165) is 0 Å². The highest BCUT2D eigenvalue weighted by atomic mass is 32.2. The van der Waals surface area contributed by atoms with Crippen LogP contribution in [-0.4, -0.2) is 32.0 Å². The molecule has 1 heterocycles. The lowest BCUT2D eigenvalue weighted by molar-refractivity contribution is -0.144. The van der Waals surface area contributed by atoms with Crippen LogP contribution in [0.1, 0.15) is 25.5 Å². The predicted octanol–water partition coefficient (Wildman–Crippen LogP) is 1.91. The Kier molecular flexibility index (Phi) is 8.31. The van der Waals surface area contributed by atoms with Crippen molar-refractivity contribution in [1.29, 1.82) is 0 Å². The van der Waals surface area contributed by atoms with Gasteiger partial charge in [-0.2, -0.15) is 0 Å². The maximum absolute atomic E-state index is 12.3. The monoisotopic (exact) mass is 439 g/mol. The average Bonchev–Trinajstić information content (AvgIpc) is 3.19. The van der Waals surface area contributed by atoms with Crippen molar-refractivity contribution in [1.82, 2.24) is 10.0 Å². The lowest BCUT2D eigenvalue weighted by atomic mass is 10.3. The summed E-state index contributed by atoms with van der Waals surface area (Å²) >= 11 is 5.04. The van der Waals surface area contributed by atoms with Gasteiger partial charge in [0.25, 0.3) is 0 Å². The lowest BCUT2D eigenvalue weighted by Crippen LogP contribution is -2.34. The van der Waals surface area contributed by atoms with Crippen LogP contribution in [0.15, 0.2) is 52.0 Å². The molecular formula is C18H21N3O6S2. The maximum Gasteiger partial charge on any atom is 0.306 e. The molecule has 0 unspecified atom stereocenters. The number of carbonyl (C=O) groups is 2. The summed E-state index contributed by atoms with van der Waals surface area (Å²) < 4.78 is 36.8. The van der Waals surface area contributed by atoms with Crippen LogP contribution in [0.3, 0.4) is 0 Å². The molecular weight excluding hydrogens is 418 g/mol. The van der Waals surface area contributed by atoms with Crippen molar-refractivity contribution in [2.45, 2.75) is 31.2 Å². The fourth-order valence-electron chi connectivity index (χ4n) is 2.18. The second kappa shape index (κ2) is 10.7. The highest BCUT2D eigenvalue weighted by Gasteiger charge is 2.14. The average molecular weight is 440 g/mol. The first-order valence-electron chi connectivity index (χ1n) is 8.68. The Labute approximate surface area is 173 Å². The Morgan fingerprint density at radius 2 is 1.86 bits per heavy atom. The third-order valence-corrected chi connectivity index (χ3v) is 5.17. The molecule has 2 rings (SSSR count). The van der Waals surface area contributed by atoms with Gasteiger partial charge in [0.15, 0.2) is 5.11 Å². The number of esters is 1. The van der Waals surface area contributed by atoms with Crippen LogP contribution < -0.4 is 15.4 Å². The normalized spacial score (nSPS) is 10.9. The zero-order valence-electron chi connectivity index (χ0n) is 15.6. The number of hydrogen-bond acceptors (Lipinski definition) is 7. The zero-order valence-corrected chi connectivity index (χ0v) is 17.3. The van der Waals surface area contributed by atoms with Crippen molar-refractivity contribution >= 4 is 44.9 Å². The number of nitrogens with one attached hydrogen (secondary N) is 3. The number of furan rings is 1. The summed E-state index contributed by atoms with van der Waals surface area (Å²) in [4.78, 5) is 23.1. The summed E-state index contributed by atoms with van der Waals surface area (Å²) in [5.74, 6) is -0.397. The van der Waals surface area contributed by atoms with Crippen molar-refractivity contribution in [2.24, 2.45) is 0 Å². The van der Waals surface area contributed by atoms with E-state index in [1.165, 1.54) is 30.5 Å². The first-order chi connectivity index (χ1) is 13.8. The molecule has 1 aromatic carbocycles. The molecule has 11 heteroatoms. The first kappa shape index (κ1) is 22.5. The zero-order chi connectivity index (χ0) is 21.3. The lowest BCUT2D eigenvalue weighted by Gasteiger charge is -2.10. The summed E-state index contributed by atoms with van der Waals surface area (Å²) in [6.45, 7) is 1.98. The van der Waals surface area contributed by atoms with Gasteiger partial charge in [-0.15, -0.1) is 0 Å². The largest absolute Gasteiger partial charge is 0.468 e. The molecule has 1 aromatic heterocycles. The molecule has 0 radical (unpaired) electrons. The third kappa shape index (κ3) is 7.64. The van der Waals surface area contributed by atoms with Gasteiger partial charge >= 0.3 is 5.97 Å². The molecule has 0 aliphatic carbocycles. The standard InChI is InChI=1S/C18H21N3O6S2/c1-2-26-17(23)10-9-16(22)21-18(28)20-13-5-7-15(8-6-13)29(24,25)19-12-14-4-3-11-27-14/h3-8,11,19H,2,9-10,12H2,1H3,(H2,20,21,22,28). The topological polar surface area (TPSA) is 127 Å². The number of amides is 1. The van der Waals surface area contributed by atoms with E-state index in [-0.39, 0.29) is 36.0 Å². The fourth-order valence-corrected chi connectivity index (χ4v) is 3.41. The molecule has 0 saturated carbocycles. The quantitative estimate of drug-likeness (QED) is 0.400. The number of sulfonamides is 1. The van der Waals surface area contributed by atoms with Gasteiger partial charge in [0.05, 0.1) is 30.7 Å². The van der Waals surface area contributed by atoms with Crippen molar-refractivity contribution in [3.8, 4) is 0 Å². The van der Waals surface area contributed by atoms with Gasteiger partial charge < -0.3 is 19.8 Å². The minimum atomic E-state index is -3.71. The number of benzene rings is 1. The second-order valence-electron chi connectivity index (χ2n) is 5.74. The van der Waals surface area contributed by atoms with E-state index in [4.69, 9.17) is 21.4 Å². The summed E-state index contributed by atoms with van der Waals surface area (Å²) in [5, 5.41) is 5.24. The second-order valence-corrected chi connectivity index (χ2v) is 7.91. The molecule has 1 amide bonds. The molecule has 0 atom stereocenters. The summed E-state index contributed by atoms with van der Waals surface area (Å²) in [6, 6.07) is 9.16.